The van der Waals surface area contributed by atoms with Crippen LogP contribution in [0.1, 0.15) is 13.3 Å². The minimum Gasteiger partial charge on any atom is -0.303 e. The van der Waals surface area contributed by atoms with E-state index in [9.17, 15) is 8.42 Å². The Balaban J connectivity index is 3.56. The molecule has 0 aliphatic carbocycles. The monoisotopic (exact) mass is 182 g/mol. The molecule has 0 rings (SSSR count). The molecule has 0 saturated carbocycles. The van der Waals surface area contributed by atoms with Gasteiger partial charge in [-0.1, -0.05) is 6.92 Å². The van der Waals surface area contributed by atoms with Crippen LogP contribution in [0.15, 0.2) is 0 Å². The Morgan fingerprint density at radius 1 is 1.55 bits per heavy atom. The lowest BCUT2D eigenvalue weighted by Gasteiger charge is -2.02. The summed E-state index contributed by atoms with van der Waals surface area (Å²) in [5, 5.41) is 0. The Hall–Kier alpha value is -0.170. The third kappa shape index (κ3) is 6.24. The molecule has 5 nitrogen and oxygen atoms in total. The quantitative estimate of drug-likeness (QED) is 0.416. The average molecular weight is 182 g/mol. The van der Waals surface area contributed by atoms with Gasteiger partial charge in [-0.3, -0.25) is 0 Å². The number of nitrogens with one attached hydrogen (secondary N) is 1. The van der Waals surface area contributed by atoms with Gasteiger partial charge in [-0.15, -0.1) is 0 Å². The van der Waals surface area contributed by atoms with Gasteiger partial charge in [-0.2, -0.15) is 0 Å². The molecule has 0 amide bonds. The SMILES string of the molecule is CCCS(=O)(=O)NCCON. The summed E-state index contributed by atoms with van der Waals surface area (Å²) >= 11 is 0. The van der Waals surface area contributed by atoms with Crippen molar-refractivity contribution in [3.63, 3.8) is 0 Å². The Bertz CT molecular complexity index is 178. The van der Waals surface area contributed by atoms with Crippen LogP contribution in [-0.2, 0) is 14.9 Å². The fourth-order valence-corrected chi connectivity index (χ4v) is 1.67. The molecule has 0 aromatic rings. The summed E-state index contributed by atoms with van der Waals surface area (Å²) in [6.45, 7) is 2.24. The van der Waals surface area contributed by atoms with Crippen LogP contribution in [0, 0.1) is 0 Å². The van der Waals surface area contributed by atoms with E-state index >= 15 is 0 Å². The molecule has 3 N–H and O–H groups in total. The predicted octanol–water partition coefficient (Wildman–Crippen LogP) is -0.794. The summed E-state index contributed by atoms with van der Waals surface area (Å²) in [4.78, 5) is 4.19. The van der Waals surface area contributed by atoms with Gasteiger partial charge in [0, 0.05) is 6.54 Å². The van der Waals surface area contributed by atoms with Gasteiger partial charge in [0.25, 0.3) is 0 Å². The largest absolute Gasteiger partial charge is 0.303 e. The van der Waals surface area contributed by atoms with Crippen molar-refractivity contribution in [3.8, 4) is 0 Å². The van der Waals surface area contributed by atoms with Crippen LogP contribution >= 0.6 is 0 Å². The molecule has 0 aromatic carbocycles. The molecule has 0 bridgehead atoms. The minimum atomic E-state index is -3.09. The lowest BCUT2D eigenvalue weighted by molar-refractivity contribution is 0.143. The van der Waals surface area contributed by atoms with Gasteiger partial charge in [0.2, 0.25) is 10.0 Å². The number of hydrogen-bond acceptors (Lipinski definition) is 4. The van der Waals surface area contributed by atoms with Crippen molar-refractivity contribution < 1.29 is 13.3 Å². The van der Waals surface area contributed by atoms with Crippen LogP contribution < -0.4 is 10.6 Å². The molecular weight excluding hydrogens is 168 g/mol. The molecule has 11 heavy (non-hydrogen) atoms. The van der Waals surface area contributed by atoms with Crippen LogP contribution in [0.25, 0.3) is 0 Å². The van der Waals surface area contributed by atoms with Gasteiger partial charge in [0.15, 0.2) is 0 Å². The first-order valence-electron chi connectivity index (χ1n) is 3.41. The standard InChI is InChI=1S/C5H14N2O3S/c1-2-5-11(8,9)7-3-4-10-6/h7H,2-6H2,1H3. The Kier molecular flexibility index (Phi) is 5.39. The maximum absolute atomic E-state index is 10.9. The fraction of sp³-hybridized carbons (Fsp3) is 1.00. The third-order valence-electron chi connectivity index (χ3n) is 1.01. The zero-order valence-corrected chi connectivity index (χ0v) is 7.36. The summed E-state index contributed by atoms with van der Waals surface area (Å²) in [5.74, 6) is 4.85. The first-order valence-corrected chi connectivity index (χ1v) is 5.06. The highest BCUT2D eigenvalue weighted by atomic mass is 32.2. The van der Waals surface area contributed by atoms with E-state index in [-0.39, 0.29) is 18.9 Å². The van der Waals surface area contributed by atoms with E-state index in [1.165, 1.54) is 0 Å². The molecule has 0 fully saturated rings. The highest BCUT2D eigenvalue weighted by molar-refractivity contribution is 7.89. The van der Waals surface area contributed by atoms with E-state index in [0.717, 1.165) is 0 Å². The normalized spacial score (nSPS) is 11.8. The van der Waals surface area contributed by atoms with Crippen LogP contribution in [0.4, 0.5) is 0 Å². The van der Waals surface area contributed by atoms with Crippen molar-refractivity contribution in [3.05, 3.63) is 0 Å². The Labute approximate surface area is 66.9 Å². The van der Waals surface area contributed by atoms with E-state index in [1.807, 2.05) is 0 Å². The van der Waals surface area contributed by atoms with Crippen molar-refractivity contribution in [1.82, 2.24) is 4.72 Å². The fourth-order valence-electron chi connectivity index (χ4n) is 0.597. The first kappa shape index (κ1) is 10.8. The van der Waals surface area contributed by atoms with Crippen LogP contribution in [-0.4, -0.2) is 27.3 Å². The van der Waals surface area contributed by atoms with Gasteiger partial charge in [0.1, 0.15) is 0 Å². The predicted molar refractivity (Wildman–Crippen MR) is 42.2 cm³/mol. The Morgan fingerprint density at radius 2 is 2.18 bits per heavy atom. The summed E-state index contributed by atoms with van der Waals surface area (Å²) in [7, 11) is -3.09. The highest BCUT2D eigenvalue weighted by Gasteiger charge is 2.05. The molecule has 0 heterocycles. The Morgan fingerprint density at radius 3 is 2.64 bits per heavy atom. The number of rotatable bonds is 6. The van der Waals surface area contributed by atoms with Crippen molar-refractivity contribution in [1.29, 1.82) is 0 Å². The summed E-state index contributed by atoms with van der Waals surface area (Å²) in [6, 6.07) is 0. The van der Waals surface area contributed by atoms with E-state index in [2.05, 4.69) is 9.56 Å². The summed E-state index contributed by atoms with van der Waals surface area (Å²) in [5.41, 5.74) is 0. The maximum atomic E-state index is 10.9. The second-order valence-corrected chi connectivity index (χ2v) is 4.01. The van der Waals surface area contributed by atoms with Gasteiger partial charge in [0.05, 0.1) is 12.4 Å². The average Bonchev–Trinajstić information content (AvgIpc) is 1.87. The minimum absolute atomic E-state index is 0.150. The van der Waals surface area contributed by atoms with Gasteiger partial charge in [-0.05, 0) is 6.42 Å². The van der Waals surface area contributed by atoms with Crippen molar-refractivity contribution in [2.75, 3.05) is 18.9 Å². The molecule has 0 unspecified atom stereocenters. The molecule has 6 heteroatoms. The van der Waals surface area contributed by atoms with Gasteiger partial charge >= 0.3 is 0 Å². The molecule has 0 radical (unpaired) electrons. The molecule has 0 aliphatic heterocycles. The topological polar surface area (TPSA) is 81.4 Å². The van der Waals surface area contributed by atoms with Gasteiger partial charge in [-0.25, -0.2) is 19.0 Å². The summed E-state index contributed by atoms with van der Waals surface area (Å²) in [6.07, 6.45) is 0.610. The molecule has 68 valence electrons. The molecule has 0 aliphatic rings. The zero-order valence-electron chi connectivity index (χ0n) is 6.54. The van der Waals surface area contributed by atoms with Crippen LogP contribution in [0.2, 0.25) is 0 Å². The number of sulfonamides is 1. The van der Waals surface area contributed by atoms with E-state index < -0.39 is 10.0 Å². The molecular formula is C5H14N2O3S. The van der Waals surface area contributed by atoms with Crippen LogP contribution in [0.5, 0.6) is 0 Å². The highest BCUT2D eigenvalue weighted by Crippen LogP contribution is 1.86. The lowest BCUT2D eigenvalue weighted by Crippen LogP contribution is -2.30. The van der Waals surface area contributed by atoms with E-state index in [1.54, 1.807) is 6.92 Å². The second kappa shape index (κ2) is 5.48. The third-order valence-corrected chi connectivity index (χ3v) is 2.60. The maximum Gasteiger partial charge on any atom is 0.211 e. The first-order chi connectivity index (χ1) is 5.12. The molecule has 0 atom stereocenters. The smallest absolute Gasteiger partial charge is 0.211 e. The van der Waals surface area contributed by atoms with Crippen molar-refractivity contribution >= 4 is 10.0 Å². The molecule has 0 saturated heterocycles. The summed E-state index contributed by atoms with van der Waals surface area (Å²) < 4.78 is 24.1. The van der Waals surface area contributed by atoms with Gasteiger partial charge < -0.3 is 4.84 Å². The van der Waals surface area contributed by atoms with Crippen molar-refractivity contribution in [2.24, 2.45) is 5.90 Å². The number of nitrogens with two attached hydrogens (primary N) is 1. The van der Waals surface area contributed by atoms with E-state index in [4.69, 9.17) is 5.90 Å². The second-order valence-electron chi connectivity index (χ2n) is 2.08. The molecule has 0 aromatic heterocycles. The number of hydrogen-bond donors (Lipinski definition) is 2. The zero-order chi connectivity index (χ0) is 8.74. The lowest BCUT2D eigenvalue weighted by atomic mass is 10.6. The molecule has 0 spiro atoms. The van der Waals surface area contributed by atoms with E-state index in [0.29, 0.717) is 6.42 Å². The van der Waals surface area contributed by atoms with Crippen molar-refractivity contribution in [2.45, 2.75) is 13.3 Å². The van der Waals surface area contributed by atoms with Crippen LogP contribution in [0.3, 0.4) is 0 Å².